The van der Waals surface area contributed by atoms with Crippen LogP contribution in [0, 0.1) is 0 Å². The van der Waals surface area contributed by atoms with Crippen molar-refractivity contribution in [3.05, 3.63) is 29.5 Å². The van der Waals surface area contributed by atoms with E-state index in [1.54, 1.807) is 0 Å². The first-order valence-electron chi connectivity index (χ1n) is 7.27. The number of hydrogen-bond acceptors (Lipinski definition) is 7. The molecule has 1 fully saturated rings. The minimum atomic E-state index is -4.50. The Kier molecular flexibility index (Phi) is 4.62. The maximum Gasteiger partial charge on any atom is 0.435 e. The molecule has 0 bridgehead atoms. The number of ether oxygens (including phenoxy) is 1. The fraction of sp³-hybridized carbons (Fsp3) is 0.538. The Balaban J connectivity index is 1.59. The van der Waals surface area contributed by atoms with E-state index in [-0.39, 0.29) is 18.4 Å². The lowest BCUT2D eigenvalue weighted by atomic mass is 10.2. The molecule has 0 aliphatic carbocycles. The molecule has 2 aromatic heterocycles. The van der Waals surface area contributed by atoms with Gasteiger partial charge in [-0.1, -0.05) is 0 Å². The number of anilines is 1. The quantitative estimate of drug-likeness (QED) is 0.862. The lowest BCUT2D eigenvalue weighted by Gasteiger charge is -2.30. The highest BCUT2D eigenvalue weighted by atomic mass is 19.4. The summed E-state index contributed by atoms with van der Waals surface area (Å²) in [7, 11) is 1.97. The zero-order chi connectivity index (χ0) is 17.2. The number of likely N-dealkylation sites (N-methyl/N-ethyl adjacent to an activating group) is 1. The largest absolute Gasteiger partial charge is 0.435 e. The molecule has 0 amide bonds. The van der Waals surface area contributed by atoms with Gasteiger partial charge in [-0.3, -0.25) is 10.00 Å². The standard InChI is InChI=1S/C13H16F3N7O/c1-23-4-5-24-7-8(23)12-18-11(21-22-12)6-17-10-3-2-9(19-20-10)13(14,15)16/h2-3,8H,4-7H2,1H3,(H,17,20)(H,18,21,22). The molecule has 3 heterocycles. The van der Waals surface area contributed by atoms with Crippen LogP contribution in [0.5, 0.6) is 0 Å². The van der Waals surface area contributed by atoms with Gasteiger partial charge in [0.1, 0.15) is 11.6 Å². The maximum absolute atomic E-state index is 12.4. The van der Waals surface area contributed by atoms with E-state index >= 15 is 0 Å². The highest BCUT2D eigenvalue weighted by Crippen LogP contribution is 2.27. The minimum absolute atomic E-state index is 0.0189. The van der Waals surface area contributed by atoms with Gasteiger partial charge in [0.05, 0.1) is 25.8 Å². The number of alkyl halides is 3. The van der Waals surface area contributed by atoms with Crippen LogP contribution in [-0.2, 0) is 17.5 Å². The van der Waals surface area contributed by atoms with Crippen LogP contribution < -0.4 is 5.32 Å². The molecule has 1 saturated heterocycles. The molecule has 1 unspecified atom stereocenters. The van der Waals surface area contributed by atoms with E-state index in [2.05, 4.69) is 35.6 Å². The van der Waals surface area contributed by atoms with Crippen molar-refractivity contribution in [3.8, 4) is 0 Å². The Hall–Kier alpha value is -2.27. The van der Waals surface area contributed by atoms with E-state index in [4.69, 9.17) is 4.74 Å². The Bertz CT molecular complexity index is 673. The van der Waals surface area contributed by atoms with Crippen LogP contribution in [0.1, 0.15) is 23.4 Å². The van der Waals surface area contributed by atoms with Crippen LogP contribution >= 0.6 is 0 Å². The van der Waals surface area contributed by atoms with Crippen LogP contribution in [0.15, 0.2) is 12.1 Å². The Morgan fingerprint density at radius 2 is 2.21 bits per heavy atom. The third kappa shape index (κ3) is 3.79. The van der Waals surface area contributed by atoms with E-state index in [1.807, 2.05) is 7.05 Å². The van der Waals surface area contributed by atoms with Crippen LogP contribution in [0.2, 0.25) is 0 Å². The average Bonchev–Trinajstić information content (AvgIpc) is 3.02. The first-order valence-corrected chi connectivity index (χ1v) is 7.27. The van der Waals surface area contributed by atoms with Gasteiger partial charge in [0.25, 0.3) is 0 Å². The second-order valence-electron chi connectivity index (χ2n) is 5.37. The van der Waals surface area contributed by atoms with Crippen molar-refractivity contribution < 1.29 is 17.9 Å². The molecule has 1 aliphatic heterocycles. The monoisotopic (exact) mass is 343 g/mol. The minimum Gasteiger partial charge on any atom is -0.378 e. The van der Waals surface area contributed by atoms with E-state index in [1.165, 1.54) is 6.07 Å². The fourth-order valence-electron chi connectivity index (χ4n) is 2.25. The smallest absolute Gasteiger partial charge is 0.378 e. The van der Waals surface area contributed by atoms with E-state index in [9.17, 15) is 13.2 Å². The van der Waals surface area contributed by atoms with Gasteiger partial charge >= 0.3 is 6.18 Å². The lowest BCUT2D eigenvalue weighted by Crippen LogP contribution is -2.37. The van der Waals surface area contributed by atoms with Crippen molar-refractivity contribution in [1.29, 1.82) is 0 Å². The second-order valence-corrected chi connectivity index (χ2v) is 5.37. The van der Waals surface area contributed by atoms with Gasteiger partial charge in [-0.15, -0.1) is 10.2 Å². The number of halogens is 3. The van der Waals surface area contributed by atoms with Gasteiger partial charge in [-0.25, -0.2) is 4.98 Å². The molecule has 0 saturated carbocycles. The first kappa shape index (κ1) is 16.6. The molecule has 11 heteroatoms. The van der Waals surface area contributed by atoms with Gasteiger partial charge in [0, 0.05) is 6.54 Å². The molecule has 2 N–H and O–H groups in total. The number of H-pyrrole nitrogens is 1. The molecular formula is C13H16F3N7O. The van der Waals surface area contributed by atoms with Crippen LogP contribution in [0.25, 0.3) is 0 Å². The van der Waals surface area contributed by atoms with Gasteiger partial charge in [0.2, 0.25) is 0 Å². The number of morpholine rings is 1. The van der Waals surface area contributed by atoms with Crippen molar-refractivity contribution in [3.63, 3.8) is 0 Å². The number of nitrogens with zero attached hydrogens (tertiary/aromatic N) is 5. The van der Waals surface area contributed by atoms with Crippen molar-refractivity contribution >= 4 is 5.82 Å². The van der Waals surface area contributed by atoms with E-state index in [0.717, 1.165) is 12.6 Å². The molecule has 0 radical (unpaired) electrons. The van der Waals surface area contributed by atoms with Crippen molar-refractivity contribution in [1.82, 2.24) is 30.3 Å². The molecule has 1 atom stereocenters. The van der Waals surface area contributed by atoms with Crippen LogP contribution in [0.3, 0.4) is 0 Å². The summed E-state index contributed by atoms with van der Waals surface area (Å²) in [5.74, 6) is 1.39. The number of aromatic nitrogens is 5. The van der Waals surface area contributed by atoms with Crippen molar-refractivity contribution in [2.24, 2.45) is 0 Å². The van der Waals surface area contributed by atoms with E-state index < -0.39 is 11.9 Å². The molecule has 3 rings (SSSR count). The summed E-state index contributed by atoms with van der Waals surface area (Å²) in [6.45, 7) is 2.24. The fourth-order valence-corrected chi connectivity index (χ4v) is 2.25. The van der Waals surface area contributed by atoms with Crippen molar-refractivity contribution in [2.75, 3.05) is 32.1 Å². The van der Waals surface area contributed by atoms with Crippen molar-refractivity contribution in [2.45, 2.75) is 18.8 Å². The molecule has 0 aromatic carbocycles. The van der Waals surface area contributed by atoms with Crippen LogP contribution in [0.4, 0.5) is 19.0 Å². The highest BCUT2D eigenvalue weighted by molar-refractivity contribution is 5.33. The Morgan fingerprint density at radius 1 is 1.38 bits per heavy atom. The summed E-state index contributed by atoms with van der Waals surface area (Å²) < 4.78 is 42.7. The normalized spacial score (nSPS) is 19.4. The zero-order valence-electron chi connectivity index (χ0n) is 12.8. The topological polar surface area (TPSA) is 91.8 Å². The summed E-state index contributed by atoms with van der Waals surface area (Å²) >= 11 is 0. The molecular weight excluding hydrogens is 327 g/mol. The number of aromatic amines is 1. The van der Waals surface area contributed by atoms with Gasteiger partial charge < -0.3 is 10.1 Å². The second kappa shape index (κ2) is 6.69. The summed E-state index contributed by atoms with van der Waals surface area (Å²) in [6.07, 6.45) is -4.50. The number of nitrogens with one attached hydrogen (secondary N) is 2. The predicted molar refractivity (Wildman–Crippen MR) is 76.9 cm³/mol. The van der Waals surface area contributed by atoms with Gasteiger partial charge in [-0.2, -0.15) is 18.3 Å². The summed E-state index contributed by atoms with van der Waals surface area (Å²) in [5.41, 5.74) is -1.03. The van der Waals surface area contributed by atoms with Gasteiger partial charge in [-0.05, 0) is 19.2 Å². The zero-order valence-corrected chi connectivity index (χ0v) is 12.8. The Morgan fingerprint density at radius 3 is 2.88 bits per heavy atom. The average molecular weight is 343 g/mol. The molecule has 24 heavy (non-hydrogen) atoms. The third-order valence-corrected chi connectivity index (χ3v) is 3.64. The van der Waals surface area contributed by atoms with Crippen LogP contribution in [-0.4, -0.2) is 57.1 Å². The maximum atomic E-state index is 12.4. The summed E-state index contributed by atoms with van der Waals surface area (Å²) in [5, 5.41) is 16.5. The summed E-state index contributed by atoms with van der Waals surface area (Å²) in [6, 6.07) is 2.07. The first-order chi connectivity index (χ1) is 11.4. The molecule has 0 spiro atoms. The molecule has 130 valence electrons. The molecule has 8 nitrogen and oxygen atoms in total. The highest BCUT2D eigenvalue weighted by Gasteiger charge is 2.32. The summed E-state index contributed by atoms with van der Waals surface area (Å²) in [4.78, 5) is 6.48. The Labute approximate surface area is 135 Å². The lowest BCUT2D eigenvalue weighted by molar-refractivity contribution is -0.141. The number of rotatable bonds is 4. The number of hydrogen-bond donors (Lipinski definition) is 2. The predicted octanol–water partition coefficient (Wildman–Crippen LogP) is 1.23. The van der Waals surface area contributed by atoms with Gasteiger partial charge in [0.15, 0.2) is 11.5 Å². The SMILES string of the molecule is CN1CCOCC1c1n[nH]c(CNc2ccc(C(F)(F)F)nn2)n1. The molecule has 2 aromatic rings. The third-order valence-electron chi connectivity index (χ3n) is 3.64. The molecule has 1 aliphatic rings. The van der Waals surface area contributed by atoms with E-state index in [0.29, 0.717) is 24.9 Å².